The maximum Gasteiger partial charge on any atom is 0.295 e. The molecule has 0 fully saturated rings. The highest BCUT2D eigenvalue weighted by Gasteiger charge is 2.14. The van der Waals surface area contributed by atoms with Crippen molar-refractivity contribution in [3.63, 3.8) is 0 Å². The molecule has 132 valence electrons. The van der Waals surface area contributed by atoms with E-state index in [4.69, 9.17) is 0 Å². The van der Waals surface area contributed by atoms with Gasteiger partial charge in [0.25, 0.3) is 5.69 Å². The molecule has 3 aromatic rings. The van der Waals surface area contributed by atoms with E-state index in [0.717, 1.165) is 28.2 Å². The number of aryl methyl sites for hydroxylation is 2. The Bertz CT molecular complexity index is 1000. The van der Waals surface area contributed by atoms with Gasteiger partial charge < -0.3 is 4.57 Å². The van der Waals surface area contributed by atoms with Gasteiger partial charge in [-0.3, -0.25) is 10.1 Å². The average molecular weight is 459 g/mol. The molecule has 1 heterocycles. The Morgan fingerprint density at radius 2 is 1.77 bits per heavy atom. The third kappa shape index (κ3) is 3.70. The highest BCUT2D eigenvalue weighted by Crippen LogP contribution is 2.28. The fraction of sp³-hybridized carbons (Fsp3) is 0.150. The fourth-order valence-electron chi connectivity index (χ4n) is 2.93. The second-order valence-electron chi connectivity index (χ2n) is 6.15. The number of halogens is 1. The predicted molar refractivity (Wildman–Crippen MR) is 113 cm³/mol. The number of benzene rings is 2. The van der Waals surface area contributed by atoms with Crippen LogP contribution in [0, 0.1) is 34.5 Å². The van der Waals surface area contributed by atoms with Gasteiger partial charge in [0, 0.05) is 38.5 Å². The van der Waals surface area contributed by atoms with Crippen LogP contribution < -0.4 is 0 Å². The molecule has 0 saturated heterocycles. The van der Waals surface area contributed by atoms with Crippen molar-refractivity contribution in [3.05, 3.63) is 84.7 Å². The normalized spacial score (nSPS) is 11.2. The van der Waals surface area contributed by atoms with Gasteiger partial charge >= 0.3 is 0 Å². The minimum Gasteiger partial charge on any atom is -0.318 e. The Morgan fingerprint density at radius 3 is 2.42 bits per heavy atom. The van der Waals surface area contributed by atoms with Crippen molar-refractivity contribution in [1.29, 1.82) is 0 Å². The van der Waals surface area contributed by atoms with Gasteiger partial charge in [0.2, 0.25) is 0 Å². The minimum atomic E-state index is -0.394. The molecule has 1 aromatic heterocycles. The zero-order valence-corrected chi connectivity index (χ0v) is 16.9. The van der Waals surface area contributed by atoms with E-state index in [2.05, 4.69) is 56.4 Å². The number of rotatable bonds is 4. The molecule has 0 spiro atoms. The predicted octanol–water partition coefficient (Wildman–Crippen LogP) is 5.67. The van der Waals surface area contributed by atoms with Crippen LogP contribution in [0.5, 0.6) is 0 Å². The Labute approximate surface area is 165 Å². The molecule has 0 amide bonds. The summed E-state index contributed by atoms with van der Waals surface area (Å²) in [6.07, 6.45) is 1.70. The van der Waals surface area contributed by atoms with Crippen LogP contribution >= 0.6 is 22.6 Å². The number of aromatic nitrogens is 1. The number of aliphatic imine (C=N–C) groups is 1. The van der Waals surface area contributed by atoms with Crippen molar-refractivity contribution >= 4 is 40.2 Å². The second-order valence-corrected chi connectivity index (χ2v) is 7.39. The SMILES string of the molecule is Cc1ccc(N=Cc2cc(C)n(-c3ccc(I)cc3)c2C)c([N+](=O)[O-])c1. The summed E-state index contributed by atoms with van der Waals surface area (Å²) in [5, 5.41) is 11.2. The summed E-state index contributed by atoms with van der Waals surface area (Å²) in [6, 6.07) is 15.4. The largest absolute Gasteiger partial charge is 0.318 e. The van der Waals surface area contributed by atoms with Crippen molar-refractivity contribution < 1.29 is 4.92 Å². The highest BCUT2D eigenvalue weighted by atomic mass is 127. The topological polar surface area (TPSA) is 60.4 Å². The Morgan fingerprint density at radius 1 is 1.08 bits per heavy atom. The maximum absolute atomic E-state index is 11.2. The summed E-state index contributed by atoms with van der Waals surface area (Å²) in [7, 11) is 0. The van der Waals surface area contributed by atoms with Crippen molar-refractivity contribution in [1.82, 2.24) is 4.57 Å². The summed E-state index contributed by atoms with van der Waals surface area (Å²) >= 11 is 2.28. The summed E-state index contributed by atoms with van der Waals surface area (Å²) < 4.78 is 3.34. The molecule has 0 N–H and O–H groups in total. The molecule has 5 nitrogen and oxygen atoms in total. The molecule has 3 rings (SSSR count). The van der Waals surface area contributed by atoms with Gasteiger partial charge in [-0.2, -0.15) is 0 Å². The minimum absolute atomic E-state index is 0.0210. The van der Waals surface area contributed by atoms with Crippen molar-refractivity contribution in [2.75, 3.05) is 0 Å². The Kier molecular flexibility index (Phi) is 5.22. The number of nitro benzene ring substituents is 1. The fourth-order valence-corrected chi connectivity index (χ4v) is 3.29. The van der Waals surface area contributed by atoms with Gasteiger partial charge in [-0.1, -0.05) is 6.07 Å². The van der Waals surface area contributed by atoms with E-state index < -0.39 is 4.92 Å². The molecule has 0 aliphatic rings. The first-order chi connectivity index (χ1) is 12.4. The lowest BCUT2D eigenvalue weighted by atomic mass is 10.2. The first-order valence-corrected chi connectivity index (χ1v) is 9.18. The van der Waals surface area contributed by atoms with Gasteiger partial charge in [0.15, 0.2) is 0 Å². The van der Waals surface area contributed by atoms with Crippen LogP contribution in [0.1, 0.15) is 22.5 Å². The molecule has 0 radical (unpaired) electrons. The van der Waals surface area contributed by atoms with Gasteiger partial charge in [-0.25, -0.2) is 4.99 Å². The summed E-state index contributed by atoms with van der Waals surface area (Å²) in [5.41, 5.74) is 5.38. The van der Waals surface area contributed by atoms with Gasteiger partial charge in [0.05, 0.1) is 4.92 Å². The van der Waals surface area contributed by atoms with Crippen molar-refractivity contribution in [3.8, 4) is 5.69 Å². The molecule has 0 saturated carbocycles. The molecule has 2 aromatic carbocycles. The number of nitro groups is 1. The van der Waals surface area contributed by atoms with E-state index in [0.29, 0.717) is 5.69 Å². The Hall–Kier alpha value is -2.48. The van der Waals surface area contributed by atoms with E-state index in [1.54, 1.807) is 18.3 Å². The van der Waals surface area contributed by atoms with E-state index in [1.165, 1.54) is 3.57 Å². The molecular weight excluding hydrogens is 441 g/mol. The van der Waals surface area contributed by atoms with Crippen molar-refractivity contribution in [2.24, 2.45) is 4.99 Å². The molecule has 0 aliphatic carbocycles. The first-order valence-electron chi connectivity index (χ1n) is 8.11. The third-order valence-corrected chi connectivity index (χ3v) is 4.94. The zero-order valence-electron chi connectivity index (χ0n) is 14.7. The molecule has 0 bridgehead atoms. The van der Waals surface area contributed by atoms with Crippen LogP contribution in [0.2, 0.25) is 0 Å². The first kappa shape index (κ1) is 18.3. The average Bonchev–Trinajstić information content (AvgIpc) is 2.88. The monoisotopic (exact) mass is 459 g/mol. The van der Waals surface area contributed by atoms with E-state index >= 15 is 0 Å². The number of hydrogen-bond acceptors (Lipinski definition) is 3. The smallest absolute Gasteiger partial charge is 0.295 e. The summed E-state index contributed by atoms with van der Waals surface area (Å²) in [6.45, 7) is 5.89. The second kappa shape index (κ2) is 7.41. The van der Waals surface area contributed by atoms with Crippen LogP contribution in [-0.2, 0) is 0 Å². The third-order valence-electron chi connectivity index (χ3n) is 4.23. The van der Waals surface area contributed by atoms with E-state index in [9.17, 15) is 10.1 Å². The summed E-state index contributed by atoms with van der Waals surface area (Å²) in [4.78, 5) is 15.2. The molecule has 6 heteroatoms. The lowest BCUT2D eigenvalue weighted by Gasteiger charge is -2.09. The van der Waals surface area contributed by atoms with E-state index in [1.807, 2.05) is 32.9 Å². The highest BCUT2D eigenvalue weighted by molar-refractivity contribution is 14.1. The Balaban J connectivity index is 2.00. The standard InChI is InChI=1S/C20H18IN3O2/c1-13-4-9-19(20(10-13)24(25)26)22-12-16-11-14(2)23(15(16)3)18-7-5-17(21)6-8-18/h4-12H,1-3H3. The van der Waals surface area contributed by atoms with Gasteiger partial charge in [0.1, 0.15) is 5.69 Å². The van der Waals surface area contributed by atoms with Crippen molar-refractivity contribution in [2.45, 2.75) is 20.8 Å². The quantitative estimate of drug-likeness (QED) is 0.219. The summed E-state index contributed by atoms with van der Waals surface area (Å²) in [5.74, 6) is 0. The molecule has 26 heavy (non-hydrogen) atoms. The lowest BCUT2D eigenvalue weighted by molar-refractivity contribution is -0.384. The molecular formula is C20H18IN3O2. The van der Waals surface area contributed by atoms with Crippen LogP contribution in [0.4, 0.5) is 11.4 Å². The molecule has 0 atom stereocenters. The maximum atomic E-state index is 11.2. The van der Waals surface area contributed by atoms with Crippen LogP contribution in [0.3, 0.4) is 0 Å². The lowest BCUT2D eigenvalue weighted by Crippen LogP contribution is -1.99. The van der Waals surface area contributed by atoms with Gasteiger partial charge in [-0.05, 0) is 85.3 Å². The molecule has 0 aliphatic heterocycles. The van der Waals surface area contributed by atoms with Crippen LogP contribution in [0.25, 0.3) is 5.69 Å². The zero-order chi connectivity index (χ0) is 18.8. The van der Waals surface area contributed by atoms with E-state index in [-0.39, 0.29) is 5.69 Å². The number of nitrogens with zero attached hydrogens (tertiary/aromatic N) is 3. The van der Waals surface area contributed by atoms with Gasteiger partial charge in [-0.15, -0.1) is 0 Å². The number of hydrogen-bond donors (Lipinski definition) is 0. The van der Waals surface area contributed by atoms with Crippen LogP contribution in [0.15, 0.2) is 53.5 Å². The molecule has 0 unspecified atom stereocenters. The van der Waals surface area contributed by atoms with Crippen LogP contribution in [-0.4, -0.2) is 15.7 Å².